The number of hydrogen-bond donors (Lipinski definition) is 2. The minimum absolute atomic E-state index is 0.0174. The molecule has 0 radical (unpaired) electrons. The second kappa shape index (κ2) is 11.1. The zero-order valence-electron chi connectivity index (χ0n) is 22.0. The normalized spacial score (nSPS) is 10.7. The van der Waals surface area contributed by atoms with Crippen molar-refractivity contribution in [3.8, 4) is 34.1 Å². The average molecular weight is 537 g/mol. The lowest BCUT2D eigenvalue weighted by Gasteiger charge is -2.14. The van der Waals surface area contributed by atoms with Crippen molar-refractivity contribution in [3.63, 3.8) is 0 Å². The summed E-state index contributed by atoms with van der Waals surface area (Å²) in [4.78, 5) is 29.6. The van der Waals surface area contributed by atoms with Crippen LogP contribution in [0.25, 0.3) is 22.4 Å². The van der Waals surface area contributed by atoms with Gasteiger partial charge in [-0.2, -0.15) is 5.10 Å². The maximum absolute atomic E-state index is 15.2. The van der Waals surface area contributed by atoms with E-state index >= 15 is 4.39 Å². The van der Waals surface area contributed by atoms with E-state index in [-0.39, 0.29) is 17.7 Å². The third-order valence-electron chi connectivity index (χ3n) is 5.75. The summed E-state index contributed by atoms with van der Waals surface area (Å²) in [7, 11) is 1.80. The van der Waals surface area contributed by atoms with E-state index < -0.39 is 5.82 Å². The van der Waals surface area contributed by atoms with E-state index in [0.717, 1.165) is 0 Å². The summed E-state index contributed by atoms with van der Waals surface area (Å²) in [5, 5.41) is 10.1. The Kier molecular flexibility index (Phi) is 7.27. The molecule has 0 saturated heterocycles. The number of nitrogens with one attached hydrogen (secondary N) is 2. The fraction of sp³-hybridized carbons (Fsp3) is 0.103. The predicted molar refractivity (Wildman–Crippen MR) is 150 cm³/mol. The van der Waals surface area contributed by atoms with E-state index in [4.69, 9.17) is 9.72 Å². The van der Waals surface area contributed by atoms with E-state index in [1.54, 1.807) is 80.7 Å². The zero-order chi connectivity index (χ0) is 28.2. The van der Waals surface area contributed by atoms with E-state index in [1.165, 1.54) is 12.1 Å². The van der Waals surface area contributed by atoms with Gasteiger partial charge in [0.05, 0.1) is 17.6 Å². The molecule has 2 N–H and O–H groups in total. The Morgan fingerprint density at radius 2 is 1.88 bits per heavy atom. The molecule has 2 aromatic carbocycles. The molecular formula is C29H25FN8O2. The first-order valence-corrected chi connectivity index (χ1v) is 12.2. The number of anilines is 3. The number of aryl methyl sites for hydroxylation is 2. The van der Waals surface area contributed by atoms with Crippen LogP contribution in [0, 0.1) is 12.7 Å². The van der Waals surface area contributed by atoms with Crippen LogP contribution in [0.15, 0.2) is 85.5 Å². The summed E-state index contributed by atoms with van der Waals surface area (Å²) in [6.45, 7) is 7.11. The Balaban J connectivity index is 1.54. The monoisotopic (exact) mass is 536 g/mol. The molecule has 200 valence electrons. The van der Waals surface area contributed by atoms with Gasteiger partial charge in [0.2, 0.25) is 5.95 Å². The van der Waals surface area contributed by atoms with Crippen molar-refractivity contribution >= 4 is 23.2 Å². The predicted octanol–water partition coefficient (Wildman–Crippen LogP) is 5.83. The lowest BCUT2D eigenvalue weighted by atomic mass is 10.00. The first-order valence-electron chi connectivity index (χ1n) is 12.2. The molecule has 0 bridgehead atoms. The first-order chi connectivity index (χ1) is 19.2. The molecule has 0 aliphatic rings. The number of carbonyl (C=O) groups is 1. The fourth-order valence-corrected chi connectivity index (χ4v) is 3.79. The standard InChI is InChI=1S/C29H25FN8O2/c1-17(2)27(39)35-21-7-5-6-20(12-21)26-23(15-32-28(37-26)36-22-14-33-38(4)16-22)19-8-9-25(24(30)13-19)40-29-31-11-10-18(3)34-29/h5-16H,1H2,2-4H3,(H,35,39)(H,32,36,37). The van der Waals surface area contributed by atoms with Gasteiger partial charge in [0.15, 0.2) is 11.6 Å². The molecule has 0 aliphatic carbocycles. The molecular weight excluding hydrogens is 511 g/mol. The van der Waals surface area contributed by atoms with Crippen LogP contribution in [-0.4, -0.2) is 35.6 Å². The number of halogens is 1. The minimum Gasteiger partial charge on any atom is -0.421 e. The molecule has 0 aliphatic heterocycles. The number of rotatable bonds is 8. The molecule has 3 heterocycles. The maximum Gasteiger partial charge on any atom is 0.322 e. The van der Waals surface area contributed by atoms with Gasteiger partial charge in [-0.3, -0.25) is 9.48 Å². The third-order valence-corrected chi connectivity index (χ3v) is 5.75. The highest BCUT2D eigenvalue weighted by Crippen LogP contribution is 2.35. The molecule has 5 rings (SSSR count). The number of aromatic nitrogens is 6. The quantitative estimate of drug-likeness (QED) is 0.238. The summed E-state index contributed by atoms with van der Waals surface area (Å²) < 4.78 is 22.4. The highest BCUT2D eigenvalue weighted by molar-refractivity contribution is 6.03. The number of ether oxygens (including phenoxy) is 1. The Labute approximate surface area is 229 Å². The van der Waals surface area contributed by atoms with Gasteiger partial charge in [0.1, 0.15) is 0 Å². The average Bonchev–Trinajstić information content (AvgIpc) is 3.34. The Bertz CT molecular complexity index is 1730. The number of carbonyl (C=O) groups excluding carboxylic acids is 1. The molecule has 11 heteroatoms. The molecule has 0 fully saturated rings. The van der Waals surface area contributed by atoms with Gasteiger partial charge < -0.3 is 15.4 Å². The van der Waals surface area contributed by atoms with E-state index in [2.05, 4.69) is 37.3 Å². The first kappa shape index (κ1) is 26.2. The van der Waals surface area contributed by atoms with E-state index in [1.807, 2.05) is 6.07 Å². The molecule has 1 amide bonds. The highest BCUT2D eigenvalue weighted by atomic mass is 19.1. The van der Waals surface area contributed by atoms with Crippen LogP contribution in [0.1, 0.15) is 12.6 Å². The summed E-state index contributed by atoms with van der Waals surface area (Å²) in [5.74, 6) is -0.598. The molecule has 10 nitrogen and oxygen atoms in total. The van der Waals surface area contributed by atoms with Crippen LogP contribution in [0.2, 0.25) is 0 Å². The Morgan fingerprint density at radius 3 is 2.60 bits per heavy atom. The summed E-state index contributed by atoms with van der Waals surface area (Å²) >= 11 is 0. The van der Waals surface area contributed by atoms with Crippen molar-refractivity contribution in [3.05, 3.63) is 97.0 Å². The van der Waals surface area contributed by atoms with Gasteiger partial charge >= 0.3 is 6.01 Å². The zero-order valence-corrected chi connectivity index (χ0v) is 22.0. The number of nitrogens with zero attached hydrogens (tertiary/aromatic N) is 6. The molecule has 0 saturated carbocycles. The highest BCUT2D eigenvalue weighted by Gasteiger charge is 2.16. The Hall–Kier alpha value is -5.45. The SMILES string of the molecule is C=C(C)C(=O)Nc1cccc(-c2nc(Nc3cnn(C)c3)ncc2-c2ccc(Oc3nccc(C)n3)c(F)c2)c1. The molecule has 0 atom stereocenters. The van der Waals surface area contributed by atoms with Gasteiger partial charge in [-0.25, -0.2) is 24.3 Å². The van der Waals surface area contributed by atoms with E-state index in [9.17, 15) is 4.79 Å². The van der Waals surface area contributed by atoms with Crippen LogP contribution < -0.4 is 15.4 Å². The topological polar surface area (TPSA) is 120 Å². The van der Waals surface area contributed by atoms with Crippen LogP contribution in [-0.2, 0) is 11.8 Å². The van der Waals surface area contributed by atoms with Crippen molar-refractivity contribution in [1.29, 1.82) is 0 Å². The summed E-state index contributed by atoms with van der Waals surface area (Å²) in [6, 6.07) is 13.5. The largest absolute Gasteiger partial charge is 0.421 e. The number of benzene rings is 2. The lowest BCUT2D eigenvalue weighted by Crippen LogP contribution is -2.11. The molecule has 3 aromatic heterocycles. The van der Waals surface area contributed by atoms with Crippen LogP contribution in [0.3, 0.4) is 0 Å². The molecule has 0 unspecified atom stereocenters. The summed E-state index contributed by atoms with van der Waals surface area (Å²) in [6.07, 6.45) is 6.59. The molecule has 5 aromatic rings. The van der Waals surface area contributed by atoms with Crippen molar-refractivity contribution < 1.29 is 13.9 Å². The molecule has 40 heavy (non-hydrogen) atoms. The fourth-order valence-electron chi connectivity index (χ4n) is 3.79. The Morgan fingerprint density at radius 1 is 1.02 bits per heavy atom. The van der Waals surface area contributed by atoms with Crippen LogP contribution in [0.5, 0.6) is 11.8 Å². The second-order valence-electron chi connectivity index (χ2n) is 9.03. The van der Waals surface area contributed by atoms with Gasteiger partial charge in [-0.05, 0) is 49.7 Å². The van der Waals surface area contributed by atoms with Crippen molar-refractivity contribution in [2.45, 2.75) is 13.8 Å². The number of amides is 1. The van der Waals surface area contributed by atoms with Crippen LogP contribution >= 0.6 is 0 Å². The van der Waals surface area contributed by atoms with Crippen LogP contribution in [0.4, 0.5) is 21.7 Å². The summed E-state index contributed by atoms with van der Waals surface area (Å²) in [5.41, 5.74) is 4.63. The van der Waals surface area contributed by atoms with Crippen molar-refractivity contribution in [1.82, 2.24) is 29.7 Å². The van der Waals surface area contributed by atoms with Gasteiger partial charge in [-0.15, -0.1) is 0 Å². The lowest BCUT2D eigenvalue weighted by molar-refractivity contribution is -0.112. The van der Waals surface area contributed by atoms with E-state index in [0.29, 0.717) is 51.0 Å². The van der Waals surface area contributed by atoms with Gasteiger partial charge in [0, 0.05) is 53.7 Å². The minimum atomic E-state index is -0.603. The third kappa shape index (κ3) is 5.99. The maximum atomic E-state index is 15.2. The van der Waals surface area contributed by atoms with Gasteiger partial charge in [0.25, 0.3) is 5.91 Å². The van der Waals surface area contributed by atoms with Crippen molar-refractivity contribution in [2.75, 3.05) is 10.6 Å². The molecule has 0 spiro atoms. The smallest absolute Gasteiger partial charge is 0.322 e. The number of hydrogen-bond acceptors (Lipinski definition) is 8. The second-order valence-corrected chi connectivity index (χ2v) is 9.03. The van der Waals surface area contributed by atoms with Crippen molar-refractivity contribution in [2.24, 2.45) is 7.05 Å². The van der Waals surface area contributed by atoms with Gasteiger partial charge in [-0.1, -0.05) is 24.8 Å².